The van der Waals surface area contributed by atoms with Crippen LogP contribution in [0.3, 0.4) is 0 Å². The monoisotopic (exact) mass is 426 g/mol. The predicted octanol–water partition coefficient (Wildman–Crippen LogP) is 5.48. The molecule has 2 aliphatic heterocycles. The van der Waals surface area contributed by atoms with Gasteiger partial charge in [0.05, 0.1) is 9.81 Å². The molecule has 0 unspecified atom stereocenters. The van der Waals surface area contributed by atoms with Gasteiger partial charge >= 0.3 is 0 Å². The molecule has 0 saturated carbocycles. The average Bonchev–Trinajstić information content (AvgIpc) is 3.02. The summed E-state index contributed by atoms with van der Waals surface area (Å²) in [6.07, 6.45) is 12.0. The van der Waals surface area contributed by atoms with E-state index < -0.39 is 0 Å². The van der Waals surface area contributed by atoms with E-state index in [-0.39, 0.29) is 7.21 Å². The molecule has 0 spiro atoms. The number of rotatable bonds is 4. The van der Waals surface area contributed by atoms with Gasteiger partial charge in [-0.3, -0.25) is 9.59 Å². The molecule has 4 heteroatoms. The lowest BCUT2D eigenvalue weighted by atomic mass is 9.98. The van der Waals surface area contributed by atoms with E-state index in [0.717, 1.165) is 69.5 Å². The Hall–Kier alpha value is -3.09. The van der Waals surface area contributed by atoms with Gasteiger partial charge in [-0.2, -0.15) is 0 Å². The minimum Gasteiger partial charge on any atom is -0.306 e. The Morgan fingerprint density at radius 2 is 2.13 bits per heavy atom. The standard InChI is InChI=1S/C27H23NO2S.H/c1-4-19-8-9-21-16-22(10-11-23(21)24(19)17-29)25-12-7-18(2)27(31-25)26(30)20-6-5-14-28(3)15-13-20;/h1,6-11,16-17H,5,13-15H2,2-3H3;. The summed E-state index contributed by atoms with van der Waals surface area (Å²) >= 11 is 1.48. The summed E-state index contributed by atoms with van der Waals surface area (Å²) in [5, 5.41) is 1.76. The van der Waals surface area contributed by atoms with Gasteiger partial charge in [0.1, 0.15) is 0 Å². The van der Waals surface area contributed by atoms with Crippen molar-refractivity contribution in [1.29, 1.82) is 0 Å². The van der Waals surface area contributed by atoms with Gasteiger partial charge in [-0.15, -0.1) is 12.2 Å². The number of benzene rings is 2. The molecule has 0 aromatic heterocycles. The van der Waals surface area contributed by atoms with Gasteiger partial charge in [-0.05, 0) is 72.5 Å². The number of allylic oxidation sites excluding steroid dienone is 3. The molecule has 3 nitrogen and oxygen atoms in total. The zero-order valence-corrected chi connectivity index (χ0v) is 18.5. The van der Waals surface area contributed by atoms with Gasteiger partial charge in [0.15, 0.2) is 12.1 Å². The van der Waals surface area contributed by atoms with Crippen LogP contribution < -0.4 is 0 Å². The molecular weight excluding hydrogens is 402 g/mol. The van der Waals surface area contributed by atoms with E-state index in [1.54, 1.807) is 6.07 Å². The van der Waals surface area contributed by atoms with E-state index in [4.69, 9.17) is 6.42 Å². The lowest BCUT2D eigenvalue weighted by Gasteiger charge is -2.16. The molecule has 0 fully saturated rings. The molecule has 1 radical (unpaired) electrons. The number of hydrogen-bond donors (Lipinski definition) is 0. The van der Waals surface area contributed by atoms with Crippen LogP contribution >= 0.6 is 11.8 Å². The normalized spacial score (nSPS) is 17.1. The van der Waals surface area contributed by atoms with Crippen molar-refractivity contribution in [3.63, 3.8) is 0 Å². The number of nitrogens with zero attached hydrogens (tertiary/aromatic N) is 1. The topological polar surface area (TPSA) is 37.4 Å². The first kappa shape index (κ1) is 21.2. The number of thioether (sulfide) groups is 1. The summed E-state index contributed by atoms with van der Waals surface area (Å²) < 4.78 is 0. The number of hydrogen-bond acceptors (Lipinski definition) is 4. The highest BCUT2D eigenvalue weighted by atomic mass is 32.2. The molecule has 2 aromatic rings. The van der Waals surface area contributed by atoms with Crippen molar-refractivity contribution in [2.75, 3.05) is 20.1 Å². The van der Waals surface area contributed by atoms with Crippen molar-refractivity contribution < 1.29 is 11.0 Å². The Morgan fingerprint density at radius 3 is 2.90 bits per heavy atom. The second-order valence-corrected chi connectivity index (χ2v) is 8.88. The third-order valence-corrected chi connectivity index (χ3v) is 7.01. The van der Waals surface area contributed by atoms with E-state index in [1.165, 1.54) is 11.8 Å². The van der Waals surface area contributed by atoms with Crippen LogP contribution in [0.25, 0.3) is 15.7 Å². The summed E-state index contributed by atoms with van der Waals surface area (Å²) in [5.74, 6) is 2.69. The van der Waals surface area contributed by atoms with Crippen molar-refractivity contribution in [3.05, 3.63) is 81.0 Å². The quantitative estimate of drug-likeness (QED) is 0.368. The number of carbonyl (C=O) groups is 2. The highest BCUT2D eigenvalue weighted by Crippen LogP contribution is 2.40. The zero-order valence-electron chi connectivity index (χ0n) is 18.7. The fraction of sp³-hybridized carbons (Fsp3) is 0.222. The number of Topliss-reactive ketones (excluding diaryl/α,β-unsaturated/α-hetero) is 1. The fourth-order valence-electron chi connectivity index (χ4n) is 3.90. The maximum absolute atomic E-state index is 13.3. The Kier molecular flexibility index (Phi) is 6.11. The SMILES string of the molecule is C#Cc1ccc2cc(C3=C=CC(C)=C(C(=O)C4=CCCN(C)CC4)S3)ccc2c1C=O.[H]. The molecule has 2 aliphatic rings. The summed E-state index contributed by atoms with van der Waals surface area (Å²) in [6.45, 7) is 3.84. The largest absolute Gasteiger partial charge is 0.306 e. The smallest absolute Gasteiger partial charge is 0.195 e. The molecular formula is C27H24NO2S. The number of fused-ring (bicyclic) bond motifs is 1. The predicted molar refractivity (Wildman–Crippen MR) is 130 cm³/mol. The molecule has 0 amide bonds. The Labute approximate surface area is 188 Å². The highest BCUT2D eigenvalue weighted by molar-refractivity contribution is 8.12. The Balaban J connectivity index is 0.00000289. The molecule has 0 atom stereocenters. The van der Waals surface area contributed by atoms with Crippen LogP contribution in [0.4, 0.5) is 0 Å². The molecule has 0 bridgehead atoms. The van der Waals surface area contributed by atoms with Gasteiger partial charge < -0.3 is 4.90 Å². The van der Waals surface area contributed by atoms with Gasteiger partial charge in [0.25, 0.3) is 0 Å². The van der Waals surface area contributed by atoms with Crippen molar-refractivity contribution in [3.8, 4) is 12.3 Å². The lowest BCUT2D eigenvalue weighted by Crippen LogP contribution is -2.19. The van der Waals surface area contributed by atoms with Crippen LogP contribution in [0.1, 0.15) is 42.7 Å². The maximum atomic E-state index is 13.3. The zero-order chi connectivity index (χ0) is 22.0. The van der Waals surface area contributed by atoms with Crippen molar-refractivity contribution >= 4 is 39.5 Å². The summed E-state index contributed by atoms with van der Waals surface area (Å²) in [6, 6.07) is 9.62. The van der Waals surface area contributed by atoms with Crippen LogP contribution in [0.5, 0.6) is 0 Å². The van der Waals surface area contributed by atoms with Crippen molar-refractivity contribution in [1.82, 2.24) is 4.90 Å². The van der Waals surface area contributed by atoms with Crippen LogP contribution in [-0.4, -0.2) is 37.1 Å². The van der Waals surface area contributed by atoms with Crippen molar-refractivity contribution in [2.45, 2.75) is 19.8 Å². The van der Waals surface area contributed by atoms with Gasteiger partial charge in [0.2, 0.25) is 0 Å². The summed E-state index contributed by atoms with van der Waals surface area (Å²) in [4.78, 5) is 28.8. The van der Waals surface area contributed by atoms with E-state index in [1.807, 2.05) is 37.3 Å². The third kappa shape index (κ3) is 4.22. The maximum Gasteiger partial charge on any atom is 0.195 e. The van der Waals surface area contributed by atoms with E-state index in [2.05, 4.69) is 29.7 Å². The molecule has 2 aromatic carbocycles. The van der Waals surface area contributed by atoms with Crippen molar-refractivity contribution in [2.24, 2.45) is 0 Å². The first-order valence-electron chi connectivity index (χ1n) is 10.3. The van der Waals surface area contributed by atoms with Crippen LogP contribution in [0.2, 0.25) is 0 Å². The third-order valence-electron chi connectivity index (χ3n) is 5.74. The average molecular weight is 427 g/mol. The van der Waals surface area contributed by atoms with E-state index in [0.29, 0.717) is 11.1 Å². The number of carbonyl (C=O) groups excluding carboxylic acids is 2. The second kappa shape index (κ2) is 8.96. The fourth-order valence-corrected chi connectivity index (χ4v) is 4.91. The van der Waals surface area contributed by atoms with E-state index in [9.17, 15) is 9.59 Å². The molecule has 155 valence electrons. The van der Waals surface area contributed by atoms with Crippen LogP contribution in [-0.2, 0) is 4.79 Å². The molecule has 0 N–H and O–H groups in total. The highest BCUT2D eigenvalue weighted by Gasteiger charge is 2.23. The molecule has 31 heavy (non-hydrogen) atoms. The van der Waals surface area contributed by atoms with Gasteiger partial charge in [-0.25, -0.2) is 0 Å². The van der Waals surface area contributed by atoms with Crippen LogP contribution in [0, 0.1) is 12.3 Å². The number of aldehydes is 1. The first-order valence-corrected chi connectivity index (χ1v) is 11.1. The molecule has 0 aliphatic carbocycles. The first-order chi connectivity index (χ1) is 15.0. The Bertz CT molecular complexity index is 1270. The number of terminal acetylenes is 1. The van der Waals surface area contributed by atoms with Crippen LogP contribution in [0.15, 0.2) is 64.3 Å². The molecule has 2 heterocycles. The summed E-state index contributed by atoms with van der Waals surface area (Å²) in [5.41, 5.74) is 7.26. The van der Waals surface area contributed by atoms with Gasteiger partial charge in [0, 0.05) is 25.6 Å². The second-order valence-electron chi connectivity index (χ2n) is 7.86. The van der Waals surface area contributed by atoms with E-state index >= 15 is 0 Å². The molecule has 4 rings (SSSR count). The minimum atomic E-state index is 0. The number of ketones is 1. The Morgan fingerprint density at radius 1 is 1.29 bits per heavy atom. The molecule has 0 saturated heterocycles. The van der Waals surface area contributed by atoms with Gasteiger partial charge in [-0.1, -0.05) is 42.0 Å². The minimum absolute atomic E-state index is 0. The summed E-state index contributed by atoms with van der Waals surface area (Å²) in [7, 11) is 2.09. The lowest BCUT2D eigenvalue weighted by molar-refractivity contribution is -0.111.